The molecule has 0 saturated heterocycles. The maximum absolute atomic E-state index is 5.83. The van der Waals surface area contributed by atoms with Crippen LogP contribution in [-0.4, -0.2) is 30.7 Å². The zero-order valence-electron chi connectivity index (χ0n) is 13.3. The van der Waals surface area contributed by atoms with Crippen molar-refractivity contribution in [3.05, 3.63) is 54.1 Å². The Balaban J connectivity index is 1.46. The average molecular weight is 328 g/mol. The molecule has 1 atom stereocenters. The summed E-state index contributed by atoms with van der Waals surface area (Å²) in [6.07, 6.45) is 0. The van der Waals surface area contributed by atoms with E-state index in [1.54, 1.807) is 18.9 Å². The Morgan fingerprint density at radius 2 is 1.78 bits per heavy atom. The fraction of sp³-hybridized carbons (Fsp3) is 0.278. The number of amidine groups is 1. The van der Waals surface area contributed by atoms with Gasteiger partial charge >= 0.3 is 0 Å². The molecular weight excluding hydrogens is 308 g/mol. The van der Waals surface area contributed by atoms with E-state index in [4.69, 9.17) is 9.47 Å². The van der Waals surface area contributed by atoms with Crippen LogP contribution in [0.15, 0.2) is 53.5 Å². The molecule has 3 rings (SSSR count). The molecule has 0 radical (unpaired) electrons. The van der Waals surface area contributed by atoms with Gasteiger partial charge in [0.15, 0.2) is 5.17 Å². The predicted octanol–water partition coefficient (Wildman–Crippen LogP) is 3.97. The van der Waals surface area contributed by atoms with Crippen molar-refractivity contribution in [3.63, 3.8) is 0 Å². The van der Waals surface area contributed by atoms with E-state index in [2.05, 4.69) is 41.5 Å². The summed E-state index contributed by atoms with van der Waals surface area (Å²) in [6, 6.07) is 16.0. The van der Waals surface area contributed by atoms with Gasteiger partial charge in [-0.15, -0.1) is 0 Å². The molecule has 0 aromatic heterocycles. The van der Waals surface area contributed by atoms with Crippen molar-refractivity contribution in [1.82, 2.24) is 0 Å². The SMILES string of the molecule is COc1ccc(OCC2CN=C(Nc3ccc(C)cc3)S2)cc1. The molecule has 0 fully saturated rings. The van der Waals surface area contributed by atoms with Gasteiger partial charge in [-0.2, -0.15) is 0 Å². The molecular formula is C18H20N2O2S. The molecule has 2 aromatic rings. The van der Waals surface area contributed by atoms with Gasteiger partial charge in [-0.3, -0.25) is 4.99 Å². The van der Waals surface area contributed by atoms with E-state index in [-0.39, 0.29) is 0 Å². The fourth-order valence-electron chi connectivity index (χ4n) is 2.19. The molecule has 0 saturated carbocycles. The third kappa shape index (κ3) is 4.42. The van der Waals surface area contributed by atoms with E-state index in [1.807, 2.05) is 24.3 Å². The Labute approximate surface area is 140 Å². The molecule has 0 spiro atoms. The Bertz CT molecular complexity index is 668. The van der Waals surface area contributed by atoms with Crippen LogP contribution in [0.5, 0.6) is 11.5 Å². The number of anilines is 1. The summed E-state index contributed by atoms with van der Waals surface area (Å²) < 4.78 is 11.0. The summed E-state index contributed by atoms with van der Waals surface area (Å²) in [5.41, 5.74) is 2.32. The average Bonchev–Trinajstić information content (AvgIpc) is 3.03. The highest BCUT2D eigenvalue weighted by Crippen LogP contribution is 2.24. The van der Waals surface area contributed by atoms with Gasteiger partial charge < -0.3 is 14.8 Å². The van der Waals surface area contributed by atoms with E-state index in [0.29, 0.717) is 11.9 Å². The molecule has 5 heteroatoms. The first-order valence-electron chi connectivity index (χ1n) is 7.54. The van der Waals surface area contributed by atoms with Crippen LogP contribution in [0.25, 0.3) is 0 Å². The second-order valence-electron chi connectivity index (χ2n) is 5.36. The summed E-state index contributed by atoms with van der Waals surface area (Å²) in [5, 5.41) is 4.65. The maximum atomic E-state index is 5.83. The molecule has 120 valence electrons. The van der Waals surface area contributed by atoms with E-state index in [0.717, 1.165) is 28.9 Å². The minimum Gasteiger partial charge on any atom is -0.497 e. The first-order valence-corrected chi connectivity index (χ1v) is 8.42. The van der Waals surface area contributed by atoms with E-state index >= 15 is 0 Å². The van der Waals surface area contributed by atoms with Crippen molar-refractivity contribution < 1.29 is 9.47 Å². The fourth-order valence-corrected chi connectivity index (χ4v) is 3.12. The molecule has 4 nitrogen and oxygen atoms in total. The molecule has 1 aliphatic rings. The van der Waals surface area contributed by atoms with Gasteiger partial charge in [0.25, 0.3) is 0 Å². The number of methoxy groups -OCH3 is 1. The van der Waals surface area contributed by atoms with Gasteiger partial charge in [0.05, 0.1) is 18.9 Å². The van der Waals surface area contributed by atoms with Crippen molar-refractivity contribution in [3.8, 4) is 11.5 Å². The van der Waals surface area contributed by atoms with E-state index < -0.39 is 0 Å². The van der Waals surface area contributed by atoms with Crippen LogP contribution < -0.4 is 14.8 Å². The third-order valence-corrected chi connectivity index (χ3v) is 4.59. The van der Waals surface area contributed by atoms with Crippen LogP contribution in [0.1, 0.15) is 5.56 Å². The Kier molecular flexibility index (Phi) is 5.08. The van der Waals surface area contributed by atoms with E-state index in [9.17, 15) is 0 Å². The number of hydrogen-bond acceptors (Lipinski definition) is 5. The van der Waals surface area contributed by atoms with E-state index in [1.165, 1.54) is 5.56 Å². The first kappa shape index (κ1) is 15.7. The Morgan fingerprint density at radius 3 is 2.48 bits per heavy atom. The second-order valence-corrected chi connectivity index (χ2v) is 6.65. The zero-order valence-corrected chi connectivity index (χ0v) is 14.1. The van der Waals surface area contributed by atoms with Crippen molar-refractivity contribution in [2.75, 3.05) is 25.6 Å². The van der Waals surface area contributed by atoms with Crippen LogP contribution in [0, 0.1) is 6.92 Å². The van der Waals surface area contributed by atoms with Gasteiger partial charge in [0.2, 0.25) is 0 Å². The third-order valence-electron chi connectivity index (χ3n) is 3.51. The van der Waals surface area contributed by atoms with Gasteiger partial charge in [-0.1, -0.05) is 29.5 Å². The molecule has 1 unspecified atom stereocenters. The number of nitrogens with zero attached hydrogens (tertiary/aromatic N) is 1. The molecule has 1 aliphatic heterocycles. The van der Waals surface area contributed by atoms with Crippen LogP contribution in [-0.2, 0) is 0 Å². The summed E-state index contributed by atoms with van der Waals surface area (Å²) in [7, 11) is 1.66. The number of hydrogen-bond donors (Lipinski definition) is 1. The lowest BCUT2D eigenvalue weighted by atomic mass is 10.2. The Morgan fingerprint density at radius 1 is 1.09 bits per heavy atom. The van der Waals surface area contributed by atoms with Crippen molar-refractivity contribution in [2.45, 2.75) is 12.2 Å². The highest BCUT2D eigenvalue weighted by molar-refractivity contribution is 8.15. The molecule has 0 bridgehead atoms. The monoisotopic (exact) mass is 328 g/mol. The number of aryl methyl sites for hydroxylation is 1. The molecule has 0 aliphatic carbocycles. The minimum absolute atomic E-state index is 0.338. The molecule has 2 aromatic carbocycles. The number of ether oxygens (including phenoxy) is 2. The minimum atomic E-state index is 0.338. The topological polar surface area (TPSA) is 42.9 Å². The lowest BCUT2D eigenvalue weighted by Crippen LogP contribution is -2.16. The second kappa shape index (κ2) is 7.42. The zero-order chi connectivity index (χ0) is 16.1. The number of nitrogens with one attached hydrogen (secondary N) is 1. The van der Waals surface area contributed by atoms with Gasteiger partial charge in [0, 0.05) is 5.69 Å². The molecule has 1 N–H and O–H groups in total. The molecule has 23 heavy (non-hydrogen) atoms. The van der Waals surface area contributed by atoms with Crippen LogP contribution >= 0.6 is 11.8 Å². The van der Waals surface area contributed by atoms with Crippen molar-refractivity contribution in [1.29, 1.82) is 0 Å². The normalized spacial score (nSPS) is 16.8. The van der Waals surface area contributed by atoms with Crippen LogP contribution in [0.3, 0.4) is 0 Å². The van der Waals surface area contributed by atoms with Crippen LogP contribution in [0.2, 0.25) is 0 Å². The highest BCUT2D eigenvalue weighted by atomic mass is 32.2. The Hall–Kier alpha value is -2.14. The van der Waals surface area contributed by atoms with Crippen molar-refractivity contribution >= 4 is 22.6 Å². The summed E-state index contributed by atoms with van der Waals surface area (Å²) >= 11 is 1.73. The molecule has 1 heterocycles. The first-order chi connectivity index (χ1) is 11.2. The number of benzene rings is 2. The lowest BCUT2D eigenvalue weighted by molar-refractivity contribution is 0.319. The number of thioether (sulfide) groups is 1. The highest BCUT2D eigenvalue weighted by Gasteiger charge is 2.20. The standard InChI is InChI=1S/C18H20N2O2S/c1-13-3-5-14(6-4-13)20-18-19-11-17(23-18)12-22-16-9-7-15(21-2)8-10-16/h3-10,17H,11-12H2,1-2H3,(H,19,20). The smallest absolute Gasteiger partial charge is 0.161 e. The summed E-state index contributed by atoms with van der Waals surface area (Å²) in [6.45, 7) is 3.49. The summed E-state index contributed by atoms with van der Waals surface area (Å²) in [5.74, 6) is 1.69. The van der Waals surface area contributed by atoms with Gasteiger partial charge in [-0.25, -0.2) is 0 Å². The predicted molar refractivity (Wildman–Crippen MR) is 97.0 cm³/mol. The van der Waals surface area contributed by atoms with Gasteiger partial charge in [-0.05, 0) is 43.3 Å². The lowest BCUT2D eigenvalue weighted by Gasteiger charge is -2.11. The molecule has 0 amide bonds. The maximum Gasteiger partial charge on any atom is 0.161 e. The largest absolute Gasteiger partial charge is 0.497 e. The number of aliphatic imine (C=N–C) groups is 1. The summed E-state index contributed by atoms with van der Waals surface area (Å²) in [4.78, 5) is 4.54. The number of rotatable bonds is 5. The van der Waals surface area contributed by atoms with Crippen molar-refractivity contribution in [2.24, 2.45) is 4.99 Å². The quantitative estimate of drug-likeness (QED) is 0.902. The van der Waals surface area contributed by atoms with Gasteiger partial charge in [0.1, 0.15) is 18.1 Å². The van der Waals surface area contributed by atoms with Crippen LogP contribution in [0.4, 0.5) is 5.69 Å².